The maximum atomic E-state index is 12.0. The van der Waals surface area contributed by atoms with E-state index in [4.69, 9.17) is 9.52 Å². The van der Waals surface area contributed by atoms with Gasteiger partial charge in [-0.1, -0.05) is 0 Å². The molecule has 0 spiro atoms. The quantitative estimate of drug-likeness (QED) is 0.753. The van der Waals surface area contributed by atoms with Crippen LogP contribution in [0, 0.1) is 0 Å². The Balaban J connectivity index is 2.60. The molecule has 2 N–H and O–H groups in total. The molecule has 0 amide bonds. The first kappa shape index (κ1) is 17.2. The largest absolute Gasteiger partial charge is 0.446 e. The zero-order chi connectivity index (χ0) is 15.3. The molecule has 6 nitrogen and oxygen atoms in total. The smallest absolute Gasteiger partial charge is 0.274 e. The lowest BCUT2D eigenvalue weighted by Gasteiger charge is -2.30. The Labute approximate surface area is 120 Å². The molecule has 0 fully saturated rings. The molecule has 0 aromatic carbocycles. The molecular formula is C13H24N2O4S. The first-order valence-corrected chi connectivity index (χ1v) is 8.21. The number of nitrogens with zero attached hydrogens (tertiary/aromatic N) is 1. The van der Waals surface area contributed by atoms with E-state index >= 15 is 0 Å². The van der Waals surface area contributed by atoms with Gasteiger partial charge in [0.05, 0.1) is 0 Å². The molecule has 1 aromatic heterocycles. The van der Waals surface area contributed by atoms with Crippen molar-refractivity contribution in [2.45, 2.75) is 51.5 Å². The van der Waals surface area contributed by atoms with Crippen LogP contribution in [0.5, 0.6) is 0 Å². The van der Waals surface area contributed by atoms with Crippen molar-refractivity contribution >= 4 is 10.0 Å². The molecular weight excluding hydrogens is 280 g/mol. The number of sulfonamides is 1. The number of aliphatic hydroxyl groups is 1. The standard InChI is InChI=1S/C13H24N2O4S/c1-10(2)15(11(3)4)8-7-14-20(17,18)13-6-5-12(9-16)19-13/h5-6,10-11,14,16H,7-9H2,1-4H3. The van der Waals surface area contributed by atoms with E-state index in [2.05, 4.69) is 37.3 Å². The van der Waals surface area contributed by atoms with Crippen LogP contribution < -0.4 is 4.72 Å². The lowest BCUT2D eigenvalue weighted by Crippen LogP contribution is -2.42. The molecule has 0 aliphatic carbocycles. The van der Waals surface area contributed by atoms with E-state index in [0.29, 0.717) is 25.2 Å². The molecule has 0 aliphatic rings. The monoisotopic (exact) mass is 304 g/mol. The van der Waals surface area contributed by atoms with E-state index in [0.717, 1.165) is 0 Å². The van der Waals surface area contributed by atoms with E-state index in [1.54, 1.807) is 0 Å². The molecule has 0 bridgehead atoms. The van der Waals surface area contributed by atoms with Crippen molar-refractivity contribution in [2.75, 3.05) is 13.1 Å². The molecule has 0 unspecified atom stereocenters. The fourth-order valence-corrected chi connectivity index (χ4v) is 3.05. The molecule has 0 aliphatic heterocycles. The van der Waals surface area contributed by atoms with Gasteiger partial charge in [-0.25, -0.2) is 13.1 Å². The Bertz CT molecular complexity index is 500. The van der Waals surface area contributed by atoms with Gasteiger partial charge >= 0.3 is 0 Å². The van der Waals surface area contributed by atoms with Gasteiger partial charge in [-0.2, -0.15) is 0 Å². The molecule has 20 heavy (non-hydrogen) atoms. The molecule has 1 heterocycles. The van der Waals surface area contributed by atoms with Gasteiger partial charge in [0, 0.05) is 25.2 Å². The highest BCUT2D eigenvalue weighted by atomic mass is 32.2. The van der Waals surface area contributed by atoms with Gasteiger partial charge in [-0.05, 0) is 39.8 Å². The minimum Gasteiger partial charge on any atom is -0.446 e. The molecule has 116 valence electrons. The topological polar surface area (TPSA) is 82.8 Å². The van der Waals surface area contributed by atoms with Crippen LogP contribution in [0.25, 0.3) is 0 Å². The summed E-state index contributed by atoms with van der Waals surface area (Å²) in [5, 5.41) is 8.71. The summed E-state index contributed by atoms with van der Waals surface area (Å²) >= 11 is 0. The van der Waals surface area contributed by atoms with Crippen molar-refractivity contribution < 1.29 is 17.9 Å². The first-order valence-electron chi connectivity index (χ1n) is 6.73. The highest BCUT2D eigenvalue weighted by Crippen LogP contribution is 2.13. The third-order valence-electron chi connectivity index (χ3n) is 3.05. The minimum absolute atomic E-state index is 0.165. The second-order valence-electron chi connectivity index (χ2n) is 5.20. The zero-order valence-corrected chi connectivity index (χ0v) is 13.3. The van der Waals surface area contributed by atoms with E-state index in [-0.39, 0.29) is 17.5 Å². The first-order chi connectivity index (χ1) is 9.27. The molecule has 0 atom stereocenters. The highest BCUT2D eigenvalue weighted by Gasteiger charge is 2.19. The Kier molecular flexibility index (Phi) is 6.19. The van der Waals surface area contributed by atoms with Crippen molar-refractivity contribution in [2.24, 2.45) is 0 Å². The van der Waals surface area contributed by atoms with Gasteiger partial charge in [0.15, 0.2) is 0 Å². The fraction of sp³-hybridized carbons (Fsp3) is 0.692. The van der Waals surface area contributed by atoms with Crippen LogP contribution in [-0.4, -0.2) is 43.6 Å². The SMILES string of the molecule is CC(C)N(CCNS(=O)(=O)c1ccc(CO)o1)C(C)C. The second-order valence-corrected chi connectivity index (χ2v) is 6.90. The van der Waals surface area contributed by atoms with E-state index < -0.39 is 10.0 Å². The van der Waals surface area contributed by atoms with Gasteiger partial charge in [0.1, 0.15) is 12.4 Å². The van der Waals surface area contributed by atoms with E-state index in [1.807, 2.05) is 0 Å². The number of hydrogen-bond acceptors (Lipinski definition) is 5. The summed E-state index contributed by atoms with van der Waals surface area (Å²) in [6, 6.07) is 3.49. The van der Waals surface area contributed by atoms with Crippen LogP contribution in [0.4, 0.5) is 0 Å². The summed E-state index contributed by atoms with van der Waals surface area (Å²) in [5.41, 5.74) is 0. The van der Waals surface area contributed by atoms with Crippen LogP contribution in [-0.2, 0) is 16.6 Å². The highest BCUT2D eigenvalue weighted by molar-refractivity contribution is 7.89. The predicted octanol–water partition coefficient (Wildman–Crippen LogP) is 1.17. The summed E-state index contributed by atoms with van der Waals surface area (Å²) in [6.45, 7) is 8.94. The van der Waals surface area contributed by atoms with Crippen LogP contribution >= 0.6 is 0 Å². The molecule has 7 heteroatoms. The number of nitrogens with one attached hydrogen (secondary N) is 1. The van der Waals surface area contributed by atoms with Gasteiger partial charge in [-0.15, -0.1) is 0 Å². The number of rotatable bonds is 8. The maximum Gasteiger partial charge on any atom is 0.274 e. The maximum absolute atomic E-state index is 12.0. The minimum atomic E-state index is -3.65. The Hall–Kier alpha value is -0.890. The predicted molar refractivity (Wildman–Crippen MR) is 76.8 cm³/mol. The molecule has 0 saturated carbocycles. The van der Waals surface area contributed by atoms with Crippen molar-refractivity contribution in [3.63, 3.8) is 0 Å². The zero-order valence-electron chi connectivity index (χ0n) is 12.5. The van der Waals surface area contributed by atoms with Crippen LogP contribution in [0.15, 0.2) is 21.6 Å². The van der Waals surface area contributed by atoms with Crippen LogP contribution in [0.2, 0.25) is 0 Å². The van der Waals surface area contributed by atoms with E-state index in [9.17, 15) is 8.42 Å². The van der Waals surface area contributed by atoms with Crippen molar-refractivity contribution in [3.05, 3.63) is 17.9 Å². The lowest BCUT2D eigenvalue weighted by atomic mass is 10.2. The average Bonchev–Trinajstić information content (AvgIpc) is 2.83. The van der Waals surface area contributed by atoms with Gasteiger partial charge in [-0.3, -0.25) is 4.90 Å². The Morgan fingerprint density at radius 2 is 1.85 bits per heavy atom. The third-order valence-corrected chi connectivity index (χ3v) is 4.38. The van der Waals surface area contributed by atoms with Crippen molar-refractivity contribution in [1.82, 2.24) is 9.62 Å². The van der Waals surface area contributed by atoms with Crippen molar-refractivity contribution in [3.8, 4) is 0 Å². The molecule has 1 aromatic rings. The number of furan rings is 1. The molecule has 1 rings (SSSR count). The summed E-state index contributed by atoms with van der Waals surface area (Å²) in [5.74, 6) is 0.233. The third kappa shape index (κ3) is 4.59. The average molecular weight is 304 g/mol. The van der Waals surface area contributed by atoms with Gasteiger partial charge < -0.3 is 9.52 Å². The van der Waals surface area contributed by atoms with Gasteiger partial charge in [0.2, 0.25) is 5.09 Å². The van der Waals surface area contributed by atoms with Crippen molar-refractivity contribution in [1.29, 1.82) is 0 Å². The molecule has 0 saturated heterocycles. The summed E-state index contributed by atoms with van der Waals surface area (Å²) in [4.78, 5) is 2.20. The molecule has 0 radical (unpaired) electrons. The summed E-state index contributed by atoms with van der Waals surface area (Å²) in [7, 11) is -3.65. The fourth-order valence-electron chi connectivity index (χ4n) is 2.08. The van der Waals surface area contributed by atoms with E-state index in [1.165, 1.54) is 12.1 Å². The second kappa shape index (κ2) is 7.21. The summed E-state index contributed by atoms with van der Waals surface area (Å²) < 4.78 is 31.5. The number of hydrogen-bond donors (Lipinski definition) is 2. The lowest BCUT2D eigenvalue weighted by molar-refractivity contribution is 0.178. The normalized spacial score (nSPS) is 12.8. The summed E-state index contributed by atoms with van der Waals surface area (Å²) in [6.07, 6.45) is 0. The van der Waals surface area contributed by atoms with Crippen LogP contribution in [0.1, 0.15) is 33.5 Å². The van der Waals surface area contributed by atoms with Gasteiger partial charge in [0.25, 0.3) is 10.0 Å². The number of aliphatic hydroxyl groups excluding tert-OH is 1. The van der Waals surface area contributed by atoms with Crippen LogP contribution in [0.3, 0.4) is 0 Å². The Morgan fingerprint density at radius 1 is 1.25 bits per heavy atom. The Morgan fingerprint density at radius 3 is 2.30 bits per heavy atom.